The zero-order valence-corrected chi connectivity index (χ0v) is 24.0. The van der Waals surface area contributed by atoms with Crippen molar-refractivity contribution < 1.29 is 19.1 Å². The van der Waals surface area contributed by atoms with Crippen molar-refractivity contribution in [2.75, 3.05) is 26.7 Å². The first kappa shape index (κ1) is 27.1. The third kappa shape index (κ3) is 4.98. The number of carbonyl (C=O) groups excluding carboxylic acids is 3. The van der Waals surface area contributed by atoms with Crippen LogP contribution in [-0.2, 0) is 20.9 Å². The molecule has 8 heteroatoms. The van der Waals surface area contributed by atoms with Gasteiger partial charge in [-0.15, -0.1) is 0 Å². The molecule has 1 aromatic carbocycles. The summed E-state index contributed by atoms with van der Waals surface area (Å²) < 4.78 is 7.30. The highest BCUT2D eigenvalue weighted by molar-refractivity contribution is 6.31. The van der Waals surface area contributed by atoms with E-state index in [1.807, 2.05) is 29.2 Å². The quantitative estimate of drug-likeness (QED) is 0.436. The van der Waals surface area contributed by atoms with Gasteiger partial charge in [0.15, 0.2) is 0 Å². The number of likely N-dealkylation sites (tertiary alicyclic amines) is 1. The lowest BCUT2D eigenvalue weighted by molar-refractivity contribution is -0.142. The molecule has 6 rings (SSSR count). The van der Waals surface area contributed by atoms with Crippen LogP contribution in [0.3, 0.4) is 0 Å². The summed E-state index contributed by atoms with van der Waals surface area (Å²) in [4.78, 5) is 43.4. The Bertz CT molecular complexity index is 1380. The molecule has 0 radical (unpaired) electrons. The molecule has 7 nitrogen and oxygen atoms in total. The number of halogens is 1. The van der Waals surface area contributed by atoms with Crippen molar-refractivity contribution in [2.24, 2.45) is 0 Å². The Kier molecular flexibility index (Phi) is 7.76. The van der Waals surface area contributed by atoms with Crippen LogP contribution < -0.4 is 0 Å². The van der Waals surface area contributed by atoms with Gasteiger partial charge in [-0.1, -0.05) is 43.0 Å². The molecule has 0 spiro atoms. The van der Waals surface area contributed by atoms with E-state index in [-0.39, 0.29) is 42.7 Å². The summed E-state index contributed by atoms with van der Waals surface area (Å²) in [6.45, 7) is 2.08. The molecule has 212 valence electrons. The average molecular weight is 564 g/mol. The van der Waals surface area contributed by atoms with Gasteiger partial charge >= 0.3 is 5.97 Å². The standard InChI is InChI=1S/C32H38ClN3O4/c1-40-32(39)22-10-12-24-26(18-22)35-17-14-28(37)36(20-29(38)34-15-6-3-7-16-34)27-19-23(33)11-13-25(27)31(35)30(24)21-8-4-2-5-9-21/h10-13,18-19,21,25,27H,2-9,14-17,20H2,1H3. The molecule has 1 saturated carbocycles. The molecular formula is C32H38ClN3O4. The maximum absolute atomic E-state index is 13.8. The number of allylic oxidation sites excluding steroid dienone is 2. The van der Waals surface area contributed by atoms with E-state index in [0.717, 1.165) is 56.1 Å². The molecule has 2 aliphatic carbocycles. The van der Waals surface area contributed by atoms with E-state index in [1.54, 1.807) is 4.90 Å². The Labute approximate surface area is 240 Å². The molecule has 2 aliphatic heterocycles. The summed E-state index contributed by atoms with van der Waals surface area (Å²) in [5.74, 6) is -0.141. The van der Waals surface area contributed by atoms with Crippen LogP contribution in [0, 0.1) is 0 Å². The van der Waals surface area contributed by atoms with Gasteiger partial charge in [0.2, 0.25) is 11.8 Å². The van der Waals surface area contributed by atoms with Gasteiger partial charge in [-0.25, -0.2) is 4.79 Å². The van der Waals surface area contributed by atoms with Crippen LogP contribution in [0.25, 0.3) is 10.9 Å². The normalized spacial score (nSPS) is 23.8. The van der Waals surface area contributed by atoms with Crippen molar-refractivity contribution in [3.63, 3.8) is 0 Å². The van der Waals surface area contributed by atoms with Crippen LogP contribution >= 0.6 is 11.6 Å². The molecule has 4 aliphatic rings. The van der Waals surface area contributed by atoms with Gasteiger partial charge in [0, 0.05) is 53.6 Å². The van der Waals surface area contributed by atoms with Crippen molar-refractivity contribution >= 4 is 40.3 Å². The molecule has 2 unspecified atom stereocenters. The molecule has 2 atom stereocenters. The zero-order valence-electron chi connectivity index (χ0n) is 23.2. The minimum absolute atomic E-state index is 0.0159. The maximum Gasteiger partial charge on any atom is 0.337 e. The SMILES string of the molecule is COC(=O)c1ccc2c(C3CCCCC3)c3n(c2c1)CCC(=O)N(CC(=O)N1CCCCC1)C1C=C(Cl)C=CC31. The van der Waals surface area contributed by atoms with E-state index >= 15 is 0 Å². The summed E-state index contributed by atoms with van der Waals surface area (Å²) in [6, 6.07) is 5.48. The second-order valence-corrected chi connectivity index (χ2v) is 12.1. The lowest BCUT2D eigenvalue weighted by Gasteiger charge is -2.40. The smallest absolute Gasteiger partial charge is 0.337 e. The fourth-order valence-corrected chi connectivity index (χ4v) is 7.53. The molecule has 2 fully saturated rings. The molecule has 0 bridgehead atoms. The number of hydrogen-bond acceptors (Lipinski definition) is 4. The fourth-order valence-electron chi connectivity index (χ4n) is 7.33. The first-order valence-corrected chi connectivity index (χ1v) is 15.2. The molecule has 2 aromatic rings. The second kappa shape index (κ2) is 11.4. The highest BCUT2D eigenvalue weighted by Gasteiger charge is 2.40. The fraction of sp³-hybridized carbons (Fsp3) is 0.531. The van der Waals surface area contributed by atoms with E-state index in [0.29, 0.717) is 23.1 Å². The van der Waals surface area contributed by atoms with E-state index in [1.165, 1.54) is 37.6 Å². The molecule has 1 aromatic heterocycles. The van der Waals surface area contributed by atoms with Gasteiger partial charge in [-0.05, 0) is 67.9 Å². The van der Waals surface area contributed by atoms with Gasteiger partial charge in [0.1, 0.15) is 6.54 Å². The molecule has 40 heavy (non-hydrogen) atoms. The van der Waals surface area contributed by atoms with Gasteiger partial charge < -0.3 is 19.1 Å². The Morgan fingerprint density at radius 3 is 2.52 bits per heavy atom. The van der Waals surface area contributed by atoms with Crippen LogP contribution in [0.1, 0.15) is 91.2 Å². The summed E-state index contributed by atoms with van der Waals surface area (Å²) in [5.41, 5.74) is 3.99. The molecule has 3 heterocycles. The number of esters is 1. The number of nitrogens with zero attached hydrogens (tertiary/aromatic N) is 3. The van der Waals surface area contributed by atoms with Crippen molar-refractivity contribution in [3.8, 4) is 0 Å². The summed E-state index contributed by atoms with van der Waals surface area (Å²) in [7, 11) is 1.40. The number of aryl methyl sites for hydroxylation is 1. The number of piperidine rings is 1. The predicted molar refractivity (Wildman–Crippen MR) is 155 cm³/mol. The van der Waals surface area contributed by atoms with E-state index in [4.69, 9.17) is 16.3 Å². The number of aromatic nitrogens is 1. The van der Waals surface area contributed by atoms with Crippen LogP contribution in [0.5, 0.6) is 0 Å². The monoisotopic (exact) mass is 563 g/mol. The second-order valence-electron chi connectivity index (χ2n) is 11.6. The molecule has 2 amide bonds. The topological polar surface area (TPSA) is 71.8 Å². The summed E-state index contributed by atoms with van der Waals surface area (Å²) in [6.07, 6.45) is 15.3. The lowest BCUT2D eigenvalue weighted by atomic mass is 9.78. The highest BCUT2D eigenvalue weighted by Crippen LogP contribution is 2.46. The van der Waals surface area contributed by atoms with Crippen molar-refractivity contribution in [2.45, 2.75) is 82.2 Å². The Hall–Kier alpha value is -3.06. The van der Waals surface area contributed by atoms with Crippen molar-refractivity contribution in [3.05, 3.63) is 58.3 Å². The number of hydrogen-bond donors (Lipinski definition) is 0. The number of fused-ring (bicyclic) bond motifs is 5. The average Bonchev–Trinajstić information content (AvgIpc) is 3.31. The molecule has 1 saturated heterocycles. The number of rotatable bonds is 4. The minimum atomic E-state index is -0.369. The van der Waals surface area contributed by atoms with E-state index < -0.39 is 0 Å². The lowest BCUT2D eigenvalue weighted by Crippen LogP contribution is -2.51. The number of benzene rings is 1. The maximum atomic E-state index is 13.8. The third-order valence-electron chi connectivity index (χ3n) is 9.30. The van der Waals surface area contributed by atoms with E-state index in [2.05, 4.69) is 16.7 Å². The number of ether oxygens (including phenoxy) is 1. The number of methoxy groups -OCH3 is 1. The van der Waals surface area contributed by atoms with Crippen LogP contribution in [0.2, 0.25) is 0 Å². The Balaban J connectivity index is 1.48. The van der Waals surface area contributed by atoms with Gasteiger partial charge in [-0.2, -0.15) is 0 Å². The molecular weight excluding hydrogens is 526 g/mol. The van der Waals surface area contributed by atoms with Crippen molar-refractivity contribution in [1.82, 2.24) is 14.4 Å². The molecule has 0 N–H and O–H groups in total. The first-order chi connectivity index (χ1) is 19.5. The number of amides is 2. The highest BCUT2D eigenvalue weighted by atomic mass is 35.5. The van der Waals surface area contributed by atoms with Crippen LogP contribution in [-0.4, -0.2) is 64.9 Å². The third-order valence-corrected chi connectivity index (χ3v) is 9.55. The van der Waals surface area contributed by atoms with Crippen LogP contribution in [0.15, 0.2) is 41.5 Å². The van der Waals surface area contributed by atoms with Crippen molar-refractivity contribution in [1.29, 1.82) is 0 Å². The largest absolute Gasteiger partial charge is 0.465 e. The minimum Gasteiger partial charge on any atom is -0.465 e. The van der Waals surface area contributed by atoms with Gasteiger partial charge in [0.05, 0.1) is 18.7 Å². The Morgan fingerprint density at radius 2 is 1.77 bits per heavy atom. The van der Waals surface area contributed by atoms with Gasteiger partial charge in [-0.3, -0.25) is 9.59 Å². The summed E-state index contributed by atoms with van der Waals surface area (Å²) in [5, 5.41) is 1.73. The van der Waals surface area contributed by atoms with E-state index in [9.17, 15) is 14.4 Å². The Morgan fingerprint density at radius 1 is 1.02 bits per heavy atom. The predicted octanol–water partition coefficient (Wildman–Crippen LogP) is 5.87. The van der Waals surface area contributed by atoms with Gasteiger partial charge in [0.25, 0.3) is 0 Å². The first-order valence-electron chi connectivity index (χ1n) is 14.8. The number of carbonyl (C=O) groups is 3. The summed E-state index contributed by atoms with van der Waals surface area (Å²) >= 11 is 6.58. The van der Waals surface area contributed by atoms with Crippen LogP contribution in [0.4, 0.5) is 0 Å². The zero-order chi connectivity index (χ0) is 27.8.